The van der Waals surface area contributed by atoms with Crippen molar-refractivity contribution in [3.8, 4) is 0 Å². The van der Waals surface area contributed by atoms with Gasteiger partial charge < -0.3 is 0 Å². The Morgan fingerprint density at radius 2 is 1.00 bits per heavy atom. The predicted octanol–water partition coefficient (Wildman–Crippen LogP) is 1.27. The Hall–Kier alpha value is -0.740. The summed E-state index contributed by atoms with van der Waals surface area (Å²) in [5, 5.41) is 0. The van der Waals surface area contributed by atoms with Gasteiger partial charge in [0.1, 0.15) is 0 Å². The van der Waals surface area contributed by atoms with Crippen molar-refractivity contribution in [2.45, 2.75) is 18.1 Å². The zero-order valence-electron chi connectivity index (χ0n) is 7.79. The molecule has 16 heteroatoms. The van der Waals surface area contributed by atoms with Crippen LogP contribution >= 0.6 is 0 Å². The fourth-order valence-electron chi connectivity index (χ4n) is 0.577. The van der Waals surface area contributed by atoms with Crippen molar-refractivity contribution in [2.24, 2.45) is 0 Å². The van der Waals surface area contributed by atoms with Gasteiger partial charge >= 0.3 is 39.1 Å². The fourth-order valence-corrected chi connectivity index (χ4v) is 1.40. The molecule has 0 saturated heterocycles. The van der Waals surface area contributed by atoms with Crippen LogP contribution in [0.1, 0.15) is 0 Å². The van der Waals surface area contributed by atoms with Crippen LogP contribution in [0.5, 0.6) is 0 Å². The van der Waals surface area contributed by atoms with E-state index in [1.165, 1.54) is 0 Å². The number of alkyl halides is 6. The quantitative estimate of drug-likeness (QED) is 0.549. The van der Waals surface area contributed by atoms with Crippen LogP contribution < -0.4 is 0 Å². The van der Waals surface area contributed by atoms with Crippen molar-refractivity contribution in [2.75, 3.05) is 0 Å². The molecule has 0 aliphatic rings. The molecule has 0 radical (unpaired) electrons. The van der Waals surface area contributed by atoms with Gasteiger partial charge in [0, 0.05) is 0 Å². The van der Waals surface area contributed by atoms with Gasteiger partial charge in [0.15, 0.2) is 0 Å². The van der Waals surface area contributed by atoms with E-state index in [0.29, 0.717) is 0 Å². The van der Waals surface area contributed by atoms with Crippen LogP contribution in [0.15, 0.2) is 0 Å². The van der Waals surface area contributed by atoms with Gasteiger partial charge in [0.25, 0.3) is 0 Å². The minimum absolute atomic E-state index is 1.78. The Balaban J connectivity index is 5.89. The Morgan fingerprint density at radius 1 is 0.684 bits per heavy atom. The van der Waals surface area contributed by atoms with E-state index in [0.717, 1.165) is 0 Å². The Bertz CT molecular complexity index is 533. The monoisotopic (exact) mass is 348 g/mol. The van der Waals surface area contributed by atoms with Crippen LogP contribution in [-0.4, -0.2) is 35.0 Å². The molecule has 0 aliphatic carbocycles. The lowest BCUT2D eigenvalue weighted by Crippen LogP contribution is -2.59. The zero-order valence-corrected chi connectivity index (χ0v) is 9.42. The van der Waals surface area contributed by atoms with E-state index in [4.69, 9.17) is 0 Å². The number of hydrogen-bond donors (Lipinski definition) is 0. The van der Waals surface area contributed by atoms with Crippen LogP contribution in [0, 0.1) is 0 Å². The number of hydrogen-bond acceptors (Lipinski definition) is 6. The second-order valence-electron chi connectivity index (χ2n) is 2.56. The molecule has 0 bridgehead atoms. The highest BCUT2D eigenvalue weighted by molar-refractivity contribution is 7.81. The minimum atomic E-state index is -7.00. The number of rotatable bonds is 5. The maximum absolute atomic E-state index is 12.8. The molecule has 0 saturated carbocycles. The highest BCUT2D eigenvalue weighted by Gasteiger charge is 2.78. The van der Waals surface area contributed by atoms with E-state index in [1.807, 2.05) is 4.18 Å². The van der Waals surface area contributed by atoms with Gasteiger partial charge in [-0.2, -0.15) is 51.5 Å². The molecule has 19 heavy (non-hydrogen) atoms. The summed E-state index contributed by atoms with van der Waals surface area (Å²) in [6.07, 6.45) is -13.8. The summed E-state index contributed by atoms with van der Waals surface area (Å²) in [7, 11) is -13.8. The van der Waals surface area contributed by atoms with E-state index in [1.54, 1.807) is 4.18 Å². The molecule has 0 aromatic carbocycles. The summed E-state index contributed by atoms with van der Waals surface area (Å²) in [5.41, 5.74) is 0. The normalized spacial score (nSPS) is 18.1. The second-order valence-corrected chi connectivity index (χ2v) is 4.47. The zero-order chi connectivity index (χ0) is 15.9. The van der Waals surface area contributed by atoms with E-state index in [-0.39, 0.29) is 0 Å². The molecule has 0 amide bonds. The predicted molar refractivity (Wildman–Crippen MR) is 37.1 cm³/mol. The smallest absolute Gasteiger partial charge is 0.190 e. The van der Waals surface area contributed by atoms with Gasteiger partial charge in [-0.25, -0.2) is 0 Å². The molecule has 0 N–H and O–H groups in total. The summed E-state index contributed by atoms with van der Waals surface area (Å²) in [6, 6.07) is 0. The maximum Gasteiger partial charge on any atom is 0.459 e. The van der Waals surface area contributed by atoms with Crippen molar-refractivity contribution in [3.63, 3.8) is 0 Å². The van der Waals surface area contributed by atoms with Gasteiger partial charge in [-0.3, -0.25) is 0 Å². The van der Waals surface area contributed by atoms with Crippen LogP contribution in [0.3, 0.4) is 0 Å². The highest BCUT2D eigenvalue weighted by Crippen LogP contribution is 2.48. The van der Waals surface area contributed by atoms with E-state index in [2.05, 4.69) is 0 Å². The van der Waals surface area contributed by atoms with Crippen molar-refractivity contribution in [3.05, 3.63) is 0 Å². The molecular formula is C3F8O6S2. The average molecular weight is 348 g/mol. The first-order chi connectivity index (χ1) is 7.91. The third kappa shape index (κ3) is 4.69. The molecule has 0 aromatic rings. The lowest BCUT2D eigenvalue weighted by molar-refractivity contribution is -0.418. The second kappa shape index (κ2) is 4.67. The molecule has 6 nitrogen and oxygen atoms in total. The third-order valence-corrected chi connectivity index (χ3v) is 1.99. The first-order valence-electron chi connectivity index (χ1n) is 3.35. The summed E-state index contributed by atoms with van der Waals surface area (Å²) < 4.78 is 139. The van der Waals surface area contributed by atoms with Crippen molar-refractivity contribution >= 4 is 21.0 Å². The molecular weight excluding hydrogens is 348 g/mol. The van der Waals surface area contributed by atoms with Crippen molar-refractivity contribution in [1.82, 2.24) is 0 Å². The Kier molecular flexibility index (Phi) is 4.49. The van der Waals surface area contributed by atoms with E-state index in [9.17, 15) is 50.9 Å². The maximum atomic E-state index is 12.8. The molecule has 0 rings (SSSR count). The standard InChI is InChI=1S/C3F8O6S2/c4-1(2(5,6)7,16-18(10,12)13)3(8,9)17-19(11,14)15. The van der Waals surface area contributed by atoms with Gasteiger partial charge in [0.2, 0.25) is 0 Å². The first-order valence-corrected chi connectivity index (χ1v) is 5.97. The average Bonchev–Trinajstić information content (AvgIpc) is 1.92. The summed E-state index contributed by atoms with van der Waals surface area (Å²) in [4.78, 5) is 0. The SMILES string of the molecule is O=S(=O)(F)OC(F)(F)C(F)(OS(=O)(=O)F)C(F)(F)F. The van der Waals surface area contributed by atoms with Crippen LogP contribution in [-0.2, 0) is 29.4 Å². The van der Waals surface area contributed by atoms with Gasteiger partial charge in [0.05, 0.1) is 0 Å². The molecule has 1 atom stereocenters. The van der Waals surface area contributed by atoms with Gasteiger partial charge in [-0.05, 0) is 0 Å². The summed E-state index contributed by atoms with van der Waals surface area (Å²) in [5.74, 6) is -6.81. The Labute approximate surface area is 99.3 Å². The summed E-state index contributed by atoms with van der Waals surface area (Å²) in [6.45, 7) is 0. The molecule has 116 valence electrons. The Morgan fingerprint density at radius 3 is 1.21 bits per heavy atom. The van der Waals surface area contributed by atoms with Gasteiger partial charge in [-0.15, -0.1) is 0 Å². The van der Waals surface area contributed by atoms with Gasteiger partial charge in [-0.1, -0.05) is 7.77 Å². The van der Waals surface area contributed by atoms with Crippen LogP contribution in [0.25, 0.3) is 0 Å². The van der Waals surface area contributed by atoms with E-state index < -0.39 is 39.1 Å². The topological polar surface area (TPSA) is 86.7 Å². The minimum Gasteiger partial charge on any atom is -0.190 e. The molecule has 0 spiro atoms. The third-order valence-electron chi connectivity index (χ3n) is 1.16. The van der Waals surface area contributed by atoms with E-state index >= 15 is 0 Å². The molecule has 1 unspecified atom stereocenters. The molecule has 0 fully saturated rings. The first kappa shape index (κ1) is 18.3. The summed E-state index contributed by atoms with van der Waals surface area (Å²) >= 11 is 0. The van der Waals surface area contributed by atoms with Crippen LogP contribution in [0.4, 0.5) is 34.1 Å². The number of halogens is 8. The highest BCUT2D eigenvalue weighted by atomic mass is 32.3. The molecule has 0 aromatic heterocycles. The molecule has 0 aliphatic heterocycles. The molecule has 0 heterocycles. The van der Waals surface area contributed by atoms with Crippen molar-refractivity contribution in [1.29, 1.82) is 0 Å². The van der Waals surface area contributed by atoms with Crippen molar-refractivity contribution < 1.29 is 59.3 Å². The lowest BCUT2D eigenvalue weighted by atomic mass is 10.3. The lowest BCUT2D eigenvalue weighted by Gasteiger charge is -2.30. The largest absolute Gasteiger partial charge is 0.459 e. The fraction of sp³-hybridized carbons (Fsp3) is 1.00. The van der Waals surface area contributed by atoms with Crippen LogP contribution in [0.2, 0.25) is 0 Å².